The van der Waals surface area contributed by atoms with Gasteiger partial charge in [0.25, 0.3) is 0 Å². The summed E-state index contributed by atoms with van der Waals surface area (Å²) >= 11 is 0. The zero-order chi connectivity index (χ0) is 11.1. The van der Waals surface area contributed by atoms with Crippen LogP contribution in [0, 0.1) is 5.41 Å². The standard InChI is InChI=1S/C13H25NO/c1-4-15-10-6-9-14-12-7-5-8-13(2,3)11-12/h4,12,14H,1,5-11H2,2-3H3. The highest BCUT2D eigenvalue weighted by Gasteiger charge is 2.27. The fourth-order valence-electron chi connectivity index (χ4n) is 2.42. The molecule has 0 aromatic heterocycles. The van der Waals surface area contributed by atoms with Crippen LogP contribution in [0.5, 0.6) is 0 Å². The van der Waals surface area contributed by atoms with E-state index in [4.69, 9.17) is 4.74 Å². The van der Waals surface area contributed by atoms with Gasteiger partial charge in [0.1, 0.15) is 0 Å². The number of ether oxygens (including phenoxy) is 1. The highest BCUT2D eigenvalue weighted by Crippen LogP contribution is 2.34. The van der Waals surface area contributed by atoms with Gasteiger partial charge < -0.3 is 10.1 Å². The molecule has 1 atom stereocenters. The lowest BCUT2D eigenvalue weighted by molar-refractivity contribution is 0.192. The molecule has 2 heteroatoms. The summed E-state index contributed by atoms with van der Waals surface area (Å²) < 4.78 is 5.09. The Morgan fingerprint density at radius 3 is 3.00 bits per heavy atom. The van der Waals surface area contributed by atoms with Gasteiger partial charge in [0.05, 0.1) is 12.9 Å². The van der Waals surface area contributed by atoms with Gasteiger partial charge in [-0.2, -0.15) is 0 Å². The third-order valence-electron chi connectivity index (χ3n) is 3.19. The lowest BCUT2D eigenvalue weighted by Gasteiger charge is -2.35. The Morgan fingerprint density at radius 1 is 1.53 bits per heavy atom. The predicted octanol–water partition coefficient (Wildman–Crippen LogP) is 3.10. The lowest BCUT2D eigenvalue weighted by Crippen LogP contribution is -2.37. The normalized spacial score (nSPS) is 24.8. The molecule has 0 saturated heterocycles. The average molecular weight is 211 g/mol. The van der Waals surface area contributed by atoms with Gasteiger partial charge in [-0.05, 0) is 37.6 Å². The molecule has 88 valence electrons. The Bertz CT molecular complexity index is 189. The van der Waals surface area contributed by atoms with Crippen molar-refractivity contribution in [2.75, 3.05) is 13.2 Å². The van der Waals surface area contributed by atoms with Crippen LogP contribution in [0.1, 0.15) is 46.0 Å². The first kappa shape index (κ1) is 12.6. The zero-order valence-electron chi connectivity index (χ0n) is 10.2. The van der Waals surface area contributed by atoms with E-state index in [1.54, 1.807) is 0 Å². The van der Waals surface area contributed by atoms with E-state index in [0.717, 1.165) is 25.6 Å². The SMILES string of the molecule is C=COCCCNC1CCCC(C)(C)C1. The second kappa shape index (κ2) is 6.16. The maximum atomic E-state index is 5.09. The molecule has 0 radical (unpaired) electrons. The van der Waals surface area contributed by atoms with Gasteiger partial charge in [0.2, 0.25) is 0 Å². The predicted molar refractivity (Wildman–Crippen MR) is 64.8 cm³/mol. The molecular weight excluding hydrogens is 186 g/mol. The van der Waals surface area contributed by atoms with Crippen molar-refractivity contribution in [3.8, 4) is 0 Å². The van der Waals surface area contributed by atoms with Crippen LogP contribution in [0.25, 0.3) is 0 Å². The molecule has 2 nitrogen and oxygen atoms in total. The van der Waals surface area contributed by atoms with Crippen LogP contribution in [0.3, 0.4) is 0 Å². The molecule has 0 aromatic carbocycles. The third-order valence-corrected chi connectivity index (χ3v) is 3.19. The van der Waals surface area contributed by atoms with E-state index in [-0.39, 0.29) is 0 Å². The van der Waals surface area contributed by atoms with Gasteiger partial charge in [-0.1, -0.05) is 26.8 Å². The quantitative estimate of drug-likeness (QED) is 0.538. The van der Waals surface area contributed by atoms with Crippen molar-refractivity contribution in [2.45, 2.75) is 52.0 Å². The summed E-state index contributed by atoms with van der Waals surface area (Å²) in [6, 6.07) is 0.720. The van der Waals surface area contributed by atoms with Crippen molar-refractivity contribution >= 4 is 0 Å². The van der Waals surface area contributed by atoms with Crippen molar-refractivity contribution in [3.63, 3.8) is 0 Å². The minimum absolute atomic E-state index is 0.535. The molecule has 1 aliphatic carbocycles. The summed E-state index contributed by atoms with van der Waals surface area (Å²) in [4.78, 5) is 0. The van der Waals surface area contributed by atoms with Gasteiger partial charge >= 0.3 is 0 Å². The number of hydrogen-bond acceptors (Lipinski definition) is 2. The Hall–Kier alpha value is -0.500. The Balaban J connectivity index is 2.08. The molecular formula is C13H25NO. The molecule has 1 rings (SSSR count). The van der Waals surface area contributed by atoms with Crippen molar-refractivity contribution in [1.29, 1.82) is 0 Å². The summed E-state index contributed by atoms with van der Waals surface area (Å²) in [5.41, 5.74) is 0.535. The zero-order valence-corrected chi connectivity index (χ0v) is 10.2. The van der Waals surface area contributed by atoms with Gasteiger partial charge in [0.15, 0.2) is 0 Å². The van der Waals surface area contributed by atoms with E-state index in [2.05, 4.69) is 25.7 Å². The van der Waals surface area contributed by atoms with Gasteiger partial charge in [-0.25, -0.2) is 0 Å². The summed E-state index contributed by atoms with van der Waals surface area (Å²) in [5, 5.41) is 3.62. The fourth-order valence-corrected chi connectivity index (χ4v) is 2.42. The monoisotopic (exact) mass is 211 g/mol. The first-order valence-corrected chi connectivity index (χ1v) is 6.10. The number of hydrogen-bond donors (Lipinski definition) is 1. The Kier molecular flexibility index (Phi) is 5.16. The summed E-state index contributed by atoms with van der Waals surface area (Å²) in [6.45, 7) is 10.1. The van der Waals surface area contributed by atoms with Crippen LogP contribution in [0.4, 0.5) is 0 Å². The molecule has 15 heavy (non-hydrogen) atoms. The Morgan fingerprint density at radius 2 is 2.33 bits per heavy atom. The molecule has 1 unspecified atom stereocenters. The van der Waals surface area contributed by atoms with Gasteiger partial charge in [0, 0.05) is 6.04 Å². The van der Waals surface area contributed by atoms with Gasteiger partial charge in [-0.15, -0.1) is 0 Å². The fraction of sp³-hybridized carbons (Fsp3) is 0.846. The van der Waals surface area contributed by atoms with E-state index in [1.807, 2.05) is 0 Å². The highest BCUT2D eigenvalue weighted by atomic mass is 16.5. The van der Waals surface area contributed by atoms with Crippen LogP contribution < -0.4 is 5.32 Å². The molecule has 0 aromatic rings. The molecule has 1 saturated carbocycles. The van der Waals surface area contributed by atoms with Crippen molar-refractivity contribution < 1.29 is 4.74 Å². The molecule has 0 bridgehead atoms. The summed E-state index contributed by atoms with van der Waals surface area (Å²) in [6.07, 6.45) is 7.99. The molecule has 0 amide bonds. The third kappa shape index (κ3) is 5.22. The van der Waals surface area contributed by atoms with Crippen molar-refractivity contribution in [3.05, 3.63) is 12.8 Å². The maximum Gasteiger partial charge on any atom is 0.0885 e. The number of nitrogens with one attached hydrogen (secondary N) is 1. The minimum Gasteiger partial charge on any atom is -0.502 e. The number of rotatable bonds is 6. The van der Waals surface area contributed by atoms with Crippen LogP contribution >= 0.6 is 0 Å². The largest absolute Gasteiger partial charge is 0.502 e. The molecule has 0 spiro atoms. The van der Waals surface area contributed by atoms with E-state index in [0.29, 0.717) is 5.41 Å². The van der Waals surface area contributed by atoms with Crippen molar-refractivity contribution in [1.82, 2.24) is 5.32 Å². The second-order valence-corrected chi connectivity index (χ2v) is 5.30. The molecule has 1 N–H and O–H groups in total. The van der Waals surface area contributed by atoms with Crippen LogP contribution in [-0.4, -0.2) is 19.2 Å². The average Bonchev–Trinajstić information content (AvgIpc) is 2.16. The molecule has 0 aliphatic heterocycles. The minimum atomic E-state index is 0.535. The van der Waals surface area contributed by atoms with E-state index < -0.39 is 0 Å². The first-order valence-electron chi connectivity index (χ1n) is 6.10. The summed E-state index contributed by atoms with van der Waals surface area (Å²) in [5.74, 6) is 0. The Labute approximate surface area is 94.1 Å². The smallest absolute Gasteiger partial charge is 0.0885 e. The molecule has 1 aliphatic rings. The van der Waals surface area contributed by atoms with Crippen LogP contribution in [0.15, 0.2) is 12.8 Å². The van der Waals surface area contributed by atoms with Crippen LogP contribution in [0.2, 0.25) is 0 Å². The van der Waals surface area contributed by atoms with Crippen LogP contribution in [-0.2, 0) is 4.74 Å². The molecule has 1 fully saturated rings. The van der Waals surface area contributed by atoms with E-state index in [9.17, 15) is 0 Å². The first-order chi connectivity index (χ1) is 7.14. The lowest BCUT2D eigenvalue weighted by atomic mass is 9.75. The van der Waals surface area contributed by atoms with E-state index in [1.165, 1.54) is 31.9 Å². The van der Waals surface area contributed by atoms with E-state index >= 15 is 0 Å². The summed E-state index contributed by atoms with van der Waals surface area (Å²) in [7, 11) is 0. The highest BCUT2D eigenvalue weighted by molar-refractivity contribution is 4.83. The topological polar surface area (TPSA) is 21.3 Å². The second-order valence-electron chi connectivity index (χ2n) is 5.30. The van der Waals surface area contributed by atoms with Crippen molar-refractivity contribution in [2.24, 2.45) is 5.41 Å². The van der Waals surface area contributed by atoms with Gasteiger partial charge in [-0.3, -0.25) is 0 Å². The molecule has 0 heterocycles. The maximum absolute atomic E-state index is 5.09.